The van der Waals surface area contributed by atoms with Gasteiger partial charge >= 0.3 is 0 Å². The fourth-order valence-corrected chi connectivity index (χ4v) is 3.97. The molecule has 0 bridgehead atoms. The van der Waals surface area contributed by atoms with Crippen molar-refractivity contribution in [3.63, 3.8) is 0 Å². The van der Waals surface area contributed by atoms with Crippen molar-refractivity contribution in [2.75, 3.05) is 19.7 Å². The summed E-state index contributed by atoms with van der Waals surface area (Å²) in [6, 6.07) is 0.312. The van der Waals surface area contributed by atoms with Crippen LogP contribution in [0.5, 0.6) is 0 Å². The minimum absolute atomic E-state index is 0. The Morgan fingerprint density at radius 2 is 1.95 bits per heavy atom. The highest BCUT2D eigenvalue weighted by Crippen LogP contribution is 2.52. The van der Waals surface area contributed by atoms with Crippen LogP contribution in [0.4, 0.5) is 0 Å². The third-order valence-electron chi connectivity index (χ3n) is 5.11. The molecule has 2 heterocycles. The Labute approximate surface area is 121 Å². The van der Waals surface area contributed by atoms with Gasteiger partial charge in [-0.05, 0) is 32.4 Å². The summed E-state index contributed by atoms with van der Waals surface area (Å²) in [6.07, 6.45) is 3.41. The minimum atomic E-state index is 0. The van der Waals surface area contributed by atoms with Gasteiger partial charge in [-0.3, -0.25) is 4.79 Å². The van der Waals surface area contributed by atoms with Crippen molar-refractivity contribution in [3.8, 4) is 0 Å². The van der Waals surface area contributed by atoms with Crippen molar-refractivity contribution in [1.82, 2.24) is 10.6 Å². The normalized spacial score (nSPS) is 36.8. The van der Waals surface area contributed by atoms with Gasteiger partial charge in [0.1, 0.15) is 0 Å². The average molecular weight is 289 g/mol. The summed E-state index contributed by atoms with van der Waals surface area (Å²) in [5, 5.41) is 6.61. The molecule has 2 saturated heterocycles. The number of carbonyl (C=O) groups is 1. The first kappa shape index (κ1) is 15.1. The second-order valence-electron chi connectivity index (χ2n) is 6.58. The van der Waals surface area contributed by atoms with Gasteiger partial charge in [-0.2, -0.15) is 0 Å². The lowest BCUT2D eigenvalue weighted by Gasteiger charge is -2.54. The lowest BCUT2D eigenvalue weighted by Crippen LogP contribution is -2.67. The molecule has 1 aliphatic carbocycles. The van der Waals surface area contributed by atoms with Crippen molar-refractivity contribution in [2.24, 2.45) is 17.3 Å². The van der Waals surface area contributed by atoms with E-state index in [4.69, 9.17) is 4.74 Å². The minimum Gasteiger partial charge on any atom is -0.377 e. The van der Waals surface area contributed by atoms with Crippen LogP contribution in [0.1, 0.15) is 33.1 Å². The number of halogens is 1. The van der Waals surface area contributed by atoms with Gasteiger partial charge in [0.15, 0.2) is 0 Å². The predicted molar refractivity (Wildman–Crippen MR) is 76.4 cm³/mol. The second-order valence-corrected chi connectivity index (χ2v) is 6.58. The maximum Gasteiger partial charge on any atom is 0.223 e. The molecule has 19 heavy (non-hydrogen) atoms. The number of piperidine rings is 1. The molecular weight excluding hydrogens is 264 g/mol. The summed E-state index contributed by atoms with van der Waals surface area (Å²) in [5.41, 5.74) is 0.101. The van der Waals surface area contributed by atoms with Crippen LogP contribution in [0.3, 0.4) is 0 Å². The van der Waals surface area contributed by atoms with Crippen LogP contribution >= 0.6 is 12.4 Å². The van der Waals surface area contributed by atoms with Gasteiger partial charge in [-0.25, -0.2) is 0 Å². The zero-order valence-electron chi connectivity index (χ0n) is 11.8. The fraction of sp³-hybridized carbons (Fsp3) is 0.929. The second kappa shape index (κ2) is 5.58. The molecule has 4 nitrogen and oxygen atoms in total. The first-order valence-corrected chi connectivity index (χ1v) is 7.23. The SMILES string of the molecule is CC1(C)C(NC(=O)C2CCNCC2)C2CCOC21.Cl. The summed E-state index contributed by atoms with van der Waals surface area (Å²) in [5.74, 6) is 1.02. The van der Waals surface area contributed by atoms with E-state index in [1.54, 1.807) is 0 Å². The molecule has 3 unspecified atom stereocenters. The van der Waals surface area contributed by atoms with Gasteiger partial charge in [0.05, 0.1) is 6.10 Å². The monoisotopic (exact) mass is 288 g/mol. The van der Waals surface area contributed by atoms with E-state index in [1.807, 2.05) is 0 Å². The number of fused-ring (bicyclic) bond motifs is 1. The van der Waals surface area contributed by atoms with Crippen LogP contribution in [0, 0.1) is 17.3 Å². The number of rotatable bonds is 2. The Bertz CT molecular complexity index is 342. The molecule has 3 rings (SSSR count). The lowest BCUT2D eigenvalue weighted by atomic mass is 9.57. The van der Waals surface area contributed by atoms with E-state index in [9.17, 15) is 4.79 Å². The van der Waals surface area contributed by atoms with E-state index >= 15 is 0 Å². The molecule has 3 fully saturated rings. The Kier molecular flexibility index (Phi) is 4.43. The van der Waals surface area contributed by atoms with Gasteiger partial charge in [-0.15, -0.1) is 12.4 Å². The van der Waals surface area contributed by atoms with Crippen LogP contribution in [-0.2, 0) is 9.53 Å². The molecule has 0 spiro atoms. The lowest BCUT2D eigenvalue weighted by molar-refractivity contribution is -0.141. The molecule has 1 saturated carbocycles. The topological polar surface area (TPSA) is 50.4 Å². The highest BCUT2D eigenvalue weighted by molar-refractivity contribution is 5.85. The van der Waals surface area contributed by atoms with E-state index in [2.05, 4.69) is 24.5 Å². The third-order valence-corrected chi connectivity index (χ3v) is 5.11. The van der Waals surface area contributed by atoms with E-state index in [0.717, 1.165) is 39.0 Å². The Hall–Kier alpha value is -0.320. The largest absolute Gasteiger partial charge is 0.377 e. The first-order valence-electron chi connectivity index (χ1n) is 7.23. The molecule has 1 amide bonds. The van der Waals surface area contributed by atoms with Crippen molar-refractivity contribution in [3.05, 3.63) is 0 Å². The molecule has 0 aromatic rings. The first-order chi connectivity index (χ1) is 8.60. The summed E-state index contributed by atoms with van der Waals surface area (Å²) in [6.45, 7) is 7.24. The molecule has 5 heteroatoms. The Balaban J connectivity index is 0.00000133. The van der Waals surface area contributed by atoms with Gasteiger partial charge < -0.3 is 15.4 Å². The fourth-order valence-electron chi connectivity index (χ4n) is 3.97. The molecule has 0 radical (unpaired) electrons. The number of hydrogen-bond acceptors (Lipinski definition) is 3. The zero-order chi connectivity index (χ0) is 12.8. The van der Waals surface area contributed by atoms with Gasteiger partial charge in [0.25, 0.3) is 0 Å². The maximum atomic E-state index is 12.3. The molecule has 110 valence electrons. The van der Waals surface area contributed by atoms with Gasteiger partial charge in [0, 0.05) is 29.9 Å². The highest BCUT2D eigenvalue weighted by atomic mass is 35.5. The number of nitrogens with one attached hydrogen (secondary N) is 2. The highest BCUT2D eigenvalue weighted by Gasteiger charge is 2.59. The summed E-state index contributed by atoms with van der Waals surface area (Å²) in [7, 11) is 0. The van der Waals surface area contributed by atoms with Crippen LogP contribution < -0.4 is 10.6 Å². The van der Waals surface area contributed by atoms with Crippen molar-refractivity contribution >= 4 is 18.3 Å². The van der Waals surface area contributed by atoms with Crippen LogP contribution in [0.2, 0.25) is 0 Å². The summed E-state index contributed by atoms with van der Waals surface area (Å²) in [4.78, 5) is 12.3. The molecule has 2 aliphatic heterocycles. The van der Waals surface area contributed by atoms with Crippen LogP contribution in [-0.4, -0.2) is 37.7 Å². The molecule has 0 aromatic carbocycles. The Morgan fingerprint density at radius 3 is 2.63 bits per heavy atom. The molecule has 2 N–H and O–H groups in total. The Morgan fingerprint density at radius 1 is 1.26 bits per heavy atom. The van der Waals surface area contributed by atoms with E-state index in [0.29, 0.717) is 18.1 Å². The average Bonchev–Trinajstić information content (AvgIpc) is 2.83. The van der Waals surface area contributed by atoms with E-state index in [1.165, 1.54) is 0 Å². The van der Waals surface area contributed by atoms with Crippen molar-refractivity contribution in [1.29, 1.82) is 0 Å². The van der Waals surface area contributed by atoms with Crippen LogP contribution in [0.25, 0.3) is 0 Å². The molecule has 0 aromatic heterocycles. The predicted octanol–water partition coefficient (Wildman–Crippen LogP) is 1.34. The van der Waals surface area contributed by atoms with Gasteiger partial charge in [-0.1, -0.05) is 13.8 Å². The third kappa shape index (κ3) is 2.50. The number of ether oxygens (including phenoxy) is 1. The smallest absolute Gasteiger partial charge is 0.223 e. The van der Waals surface area contributed by atoms with Crippen molar-refractivity contribution < 1.29 is 9.53 Å². The number of carbonyl (C=O) groups excluding carboxylic acids is 1. The van der Waals surface area contributed by atoms with E-state index < -0.39 is 0 Å². The summed E-state index contributed by atoms with van der Waals surface area (Å²) >= 11 is 0. The maximum absolute atomic E-state index is 12.3. The number of hydrogen-bond donors (Lipinski definition) is 2. The quantitative estimate of drug-likeness (QED) is 0.806. The molecule has 3 aliphatic rings. The molecule has 3 atom stereocenters. The van der Waals surface area contributed by atoms with Crippen molar-refractivity contribution in [2.45, 2.75) is 45.3 Å². The van der Waals surface area contributed by atoms with E-state index in [-0.39, 0.29) is 29.6 Å². The van der Waals surface area contributed by atoms with Gasteiger partial charge in [0.2, 0.25) is 5.91 Å². The number of amides is 1. The standard InChI is InChI=1S/C14H24N2O2.ClH/c1-14(2)11(10-5-8-18-12(10)14)16-13(17)9-3-6-15-7-4-9;/h9-12,15H,3-8H2,1-2H3,(H,16,17);1H. The zero-order valence-corrected chi connectivity index (χ0v) is 12.6. The molecular formula is C14H25ClN2O2. The summed E-state index contributed by atoms with van der Waals surface area (Å²) < 4.78 is 5.76. The van der Waals surface area contributed by atoms with Crippen LogP contribution in [0.15, 0.2) is 0 Å².